The first-order chi connectivity index (χ1) is 8.60. The lowest BCUT2D eigenvalue weighted by Crippen LogP contribution is -2.15. The van der Waals surface area contributed by atoms with Crippen LogP contribution in [0.4, 0.5) is 8.78 Å². The molecule has 0 bridgehead atoms. The highest BCUT2D eigenvalue weighted by Gasteiger charge is 2.21. The van der Waals surface area contributed by atoms with Crippen molar-refractivity contribution in [3.63, 3.8) is 0 Å². The summed E-state index contributed by atoms with van der Waals surface area (Å²) in [4.78, 5) is 0.152. The monoisotopic (exact) mass is 271 g/mol. The molecular formula is C14H19F2NS. The van der Waals surface area contributed by atoms with E-state index in [2.05, 4.69) is 5.32 Å². The van der Waals surface area contributed by atoms with Crippen LogP contribution in [0.25, 0.3) is 0 Å². The highest BCUT2D eigenvalue weighted by Crippen LogP contribution is 2.31. The van der Waals surface area contributed by atoms with Gasteiger partial charge >= 0.3 is 0 Å². The summed E-state index contributed by atoms with van der Waals surface area (Å²) in [5.74, 6) is -0.874. The Kier molecular flexibility index (Phi) is 4.62. The van der Waals surface area contributed by atoms with Crippen molar-refractivity contribution in [3.8, 4) is 0 Å². The number of hydrogen-bond acceptors (Lipinski definition) is 2. The predicted octanol–water partition coefficient (Wildman–Crippen LogP) is 4.11. The molecule has 4 heteroatoms. The maximum absolute atomic E-state index is 13.9. The van der Waals surface area contributed by atoms with Crippen molar-refractivity contribution < 1.29 is 8.78 Å². The van der Waals surface area contributed by atoms with E-state index in [1.807, 2.05) is 13.8 Å². The molecule has 1 nitrogen and oxygen atoms in total. The second-order valence-electron chi connectivity index (χ2n) is 4.88. The quantitative estimate of drug-likeness (QED) is 0.782. The molecule has 1 unspecified atom stereocenters. The molecule has 1 saturated carbocycles. The molecule has 1 aromatic rings. The molecule has 1 fully saturated rings. The summed E-state index contributed by atoms with van der Waals surface area (Å²) in [5, 5.41) is 3.48. The van der Waals surface area contributed by atoms with Crippen LogP contribution < -0.4 is 5.32 Å². The molecule has 0 radical (unpaired) electrons. The van der Waals surface area contributed by atoms with Crippen LogP contribution in [-0.2, 0) is 6.54 Å². The van der Waals surface area contributed by atoms with Crippen molar-refractivity contribution in [3.05, 3.63) is 29.3 Å². The minimum Gasteiger partial charge on any atom is -0.310 e. The van der Waals surface area contributed by atoms with E-state index in [1.165, 1.54) is 36.7 Å². The van der Waals surface area contributed by atoms with E-state index in [0.29, 0.717) is 18.2 Å². The average molecular weight is 271 g/mol. The molecule has 1 aliphatic rings. The van der Waals surface area contributed by atoms with E-state index < -0.39 is 11.6 Å². The molecule has 2 rings (SSSR count). The fourth-order valence-corrected chi connectivity index (χ4v) is 2.57. The zero-order valence-electron chi connectivity index (χ0n) is 10.8. The Morgan fingerprint density at radius 2 is 1.94 bits per heavy atom. The lowest BCUT2D eigenvalue weighted by atomic mass is 10.2. The van der Waals surface area contributed by atoms with Crippen molar-refractivity contribution in [2.45, 2.75) is 55.8 Å². The van der Waals surface area contributed by atoms with Gasteiger partial charge in [0.2, 0.25) is 0 Å². The zero-order chi connectivity index (χ0) is 13.1. The lowest BCUT2D eigenvalue weighted by molar-refractivity contribution is 0.533. The first-order valence-electron chi connectivity index (χ1n) is 6.48. The molecule has 0 spiro atoms. The van der Waals surface area contributed by atoms with E-state index in [1.54, 1.807) is 0 Å². The molecule has 1 atom stereocenters. The minimum absolute atomic E-state index is 0.152. The molecule has 1 N–H and O–H groups in total. The standard InChI is InChI=1S/C14H19F2NS/c1-3-9(2)18-14-12(15)6-10(7-13(14)16)8-17-11-4-5-11/h6-7,9,11,17H,3-5,8H2,1-2H3. The molecule has 1 aromatic carbocycles. The molecule has 1 aliphatic carbocycles. The fourth-order valence-electron chi connectivity index (χ4n) is 1.66. The molecule has 18 heavy (non-hydrogen) atoms. The number of nitrogens with one attached hydrogen (secondary N) is 1. The van der Waals surface area contributed by atoms with E-state index in [0.717, 1.165) is 6.42 Å². The van der Waals surface area contributed by atoms with E-state index in [4.69, 9.17) is 0 Å². The summed E-state index contributed by atoms with van der Waals surface area (Å²) in [5.41, 5.74) is 0.686. The third-order valence-corrected chi connectivity index (χ3v) is 4.49. The molecule has 0 amide bonds. The number of benzene rings is 1. The smallest absolute Gasteiger partial charge is 0.140 e. The van der Waals surface area contributed by atoms with Crippen LogP contribution in [0.5, 0.6) is 0 Å². The van der Waals surface area contributed by atoms with Crippen LogP contribution in [0.1, 0.15) is 38.7 Å². The summed E-state index contributed by atoms with van der Waals surface area (Å²) in [6.07, 6.45) is 3.24. The Balaban J connectivity index is 2.06. The van der Waals surface area contributed by atoms with Gasteiger partial charge in [0.15, 0.2) is 0 Å². The number of hydrogen-bond donors (Lipinski definition) is 1. The third-order valence-electron chi connectivity index (χ3n) is 3.12. The maximum atomic E-state index is 13.9. The second kappa shape index (κ2) is 6.02. The van der Waals surface area contributed by atoms with Gasteiger partial charge in [-0.05, 0) is 37.0 Å². The van der Waals surface area contributed by atoms with Gasteiger partial charge in [-0.2, -0.15) is 0 Å². The molecule has 0 aromatic heterocycles. The van der Waals surface area contributed by atoms with Gasteiger partial charge in [-0.1, -0.05) is 13.8 Å². The maximum Gasteiger partial charge on any atom is 0.140 e. The Morgan fingerprint density at radius 1 is 1.33 bits per heavy atom. The second-order valence-corrected chi connectivity index (χ2v) is 6.33. The van der Waals surface area contributed by atoms with Crippen LogP contribution in [0, 0.1) is 11.6 Å². The van der Waals surface area contributed by atoms with Gasteiger partial charge in [-0.15, -0.1) is 11.8 Å². The number of thioether (sulfide) groups is 1. The van der Waals surface area contributed by atoms with Crippen LogP contribution in [-0.4, -0.2) is 11.3 Å². The van der Waals surface area contributed by atoms with Crippen molar-refractivity contribution in [2.24, 2.45) is 0 Å². The average Bonchev–Trinajstić information content (AvgIpc) is 3.15. The molecule has 0 saturated heterocycles. The van der Waals surface area contributed by atoms with Gasteiger partial charge in [-0.3, -0.25) is 0 Å². The van der Waals surface area contributed by atoms with Gasteiger partial charge in [0, 0.05) is 17.8 Å². The first-order valence-corrected chi connectivity index (χ1v) is 7.36. The molecule has 0 aliphatic heterocycles. The Morgan fingerprint density at radius 3 is 2.44 bits per heavy atom. The van der Waals surface area contributed by atoms with Gasteiger partial charge in [-0.25, -0.2) is 8.78 Å². The van der Waals surface area contributed by atoms with E-state index in [-0.39, 0.29) is 10.1 Å². The number of rotatable bonds is 6. The molecular weight excluding hydrogens is 252 g/mol. The Hall–Kier alpha value is -0.610. The summed E-state index contributed by atoms with van der Waals surface area (Å²) in [6.45, 7) is 4.54. The summed E-state index contributed by atoms with van der Waals surface area (Å²) >= 11 is 1.27. The van der Waals surface area contributed by atoms with E-state index >= 15 is 0 Å². The van der Waals surface area contributed by atoms with Crippen molar-refractivity contribution >= 4 is 11.8 Å². The SMILES string of the molecule is CCC(C)Sc1c(F)cc(CNC2CC2)cc1F. The third kappa shape index (κ3) is 3.69. The highest BCUT2D eigenvalue weighted by atomic mass is 32.2. The summed E-state index contributed by atoms with van der Waals surface area (Å²) < 4.78 is 27.7. The normalized spacial score (nSPS) is 16.9. The van der Waals surface area contributed by atoms with Gasteiger partial charge < -0.3 is 5.32 Å². The van der Waals surface area contributed by atoms with Gasteiger partial charge in [0.25, 0.3) is 0 Å². The predicted molar refractivity (Wildman–Crippen MR) is 71.8 cm³/mol. The van der Waals surface area contributed by atoms with Crippen LogP contribution in [0.15, 0.2) is 17.0 Å². The fraction of sp³-hybridized carbons (Fsp3) is 0.571. The van der Waals surface area contributed by atoms with Gasteiger partial charge in [0.1, 0.15) is 11.6 Å². The highest BCUT2D eigenvalue weighted by molar-refractivity contribution is 8.00. The summed E-state index contributed by atoms with van der Waals surface area (Å²) in [6, 6.07) is 3.44. The molecule has 0 heterocycles. The number of halogens is 2. The molecule has 100 valence electrons. The van der Waals surface area contributed by atoms with Gasteiger partial charge in [0.05, 0.1) is 4.90 Å². The minimum atomic E-state index is -0.437. The van der Waals surface area contributed by atoms with E-state index in [9.17, 15) is 8.78 Å². The zero-order valence-corrected chi connectivity index (χ0v) is 11.6. The summed E-state index contributed by atoms with van der Waals surface area (Å²) in [7, 11) is 0. The van der Waals surface area contributed by atoms with Crippen molar-refractivity contribution in [1.82, 2.24) is 5.32 Å². The van der Waals surface area contributed by atoms with Crippen molar-refractivity contribution in [1.29, 1.82) is 0 Å². The van der Waals surface area contributed by atoms with Crippen LogP contribution in [0.3, 0.4) is 0 Å². The lowest BCUT2D eigenvalue weighted by Gasteiger charge is -2.12. The Labute approximate surface area is 111 Å². The van der Waals surface area contributed by atoms with Crippen molar-refractivity contribution in [2.75, 3.05) is 0 Å². The van der Waals surface area contributed by atoms with Crippen LogP contribution in [0.2, 0.25) is 0 Å². The Bertz CT molecular complexity index is 395. The first kappa shape index (κ1) is 13.8. The largest absolute Gasteiger partial charge is 0.310 e. The van der Waals surface area contributed by atoms with Crippen LogP contribution >= 0.6 is 11.8 Å². The topological polar surface area (TPSA) is 12.0 Å².